The van der Waals surface area contributed by atoms with Crippen LogP contribution in [0, 0.1) is 0 Å². The summed E-state index contributed by atoms with van der Waals surface area (Å²) in [6, 6.07) is 27.7. The summed E-state index contributed by atoms with van der Waals surface area (Å²) < 4.78 is 7.55. The summed E-state index contributed by atoms with van der Waals surface area (Å²) in [5, 5.41) is 16.2. The molecule has 31 heavy (non-hydrogen) atoms. The Bertz CT molecular complexity index is 1070. The molecular formula is C26H27N2O2S+. The molecule has 1 atom stereocenters. The fraction of sp³-hybridized carbons (Fsp3) is 0.192. The highest BCUT2D eigenvalue weighted by Gasteiger charge is 2.50. The number of para-hydroxylation sites is 1. The van der Waals surface area contributed by atoms with Crippen molar-refractivity contribution in [2.24, 2.45) is 0 Å². The molecule has 3 aromatic carbocycles. The highest BCUT2D eigenvalue weighted by molar-refractivity contribution is 8.13. The number of ether oxygens (including phenoxy) is 1. The Labute approximate surface area is 187 Å². The Hall–Kier alpha value is -3.02. The lowest BCUT2D eigenvalue weighted by Crippen LogP contribution is -2.37. The van der Waals surface area contributed by atoms with E-state index in [4.69, 9.17) is 4.74 Å². The molecule has 0 fully saturated rings. The fourth-order valence-corrected chi connectivity index (χ4v) is 5.06. The summed E-state index contributed by atoms with van der Waals surface area (Å²) in [6.07, 6.45) is 0.613. The second-order valence-electron chi connectivity index (χ2n) is 7.40. The number of nitrogens with one attached hydrogen (secondary N) is 1. The number of hydrogen-bond acceptors (Lipinski definition) is 4. The molecule has 0 aromatic heterocycles. The van der Waals surface area contributed by atoms with Crippen LogP contribution in [0.3, 0.4) is 0 Å². The Kier molecular flexibility index (Phi) is 6.44. The van der Waals surface area contributed by atoms with E-state index >= 15 is 0 Å². The van der Waals surface area contributed by atoms with Gasteiger partial charge in [0.15, 0.2) is 0 Å². The largest absolute Gasteiger partial charge is 0.494 e. The van der Waals surface area contributed by atoms with Gasteiger partial charge in [-0.25, -0.2) is 0 Å². The zero-order valence-corrected chi connectivity index (χ0v) is 18.4. The molecule has 0 amide bonds. The van der Waals surface area contributed by atoms with E-state index in [0.29, 0.717) is 18.8 Å². The van der Waals surface area contributed by atoms with Crippen molar-refractivity contribution in [3.63, 3.8) is 0 Å². The topological polar surface area (TPSA) is 44.5 Å². The highest BCUT2D eigenvalue weighted by Crippen LogP contribution is 2.40. The Morgan fingerprint density at radius 1 is 1.03 bits per heavy atom. The van der Waals surface area contributed by atoms with Crippen LogP contribution in [-0.4, -0.2) is 27.1 Å². The molecule has 0 unspecified atom stereocenters. The molecule has 1 aliphatic rings. The lowest BCUT2D eigenvalue weighted by atomic mass is 10.0. The molecule has 0 saturated carbocycles. The van der Waals surface area contributed by atoms with Gasteiger partial charge >= 0.3 is 5.72 Å². The van der Waals surface area contributed by atoms with E-state index in [1.54, 1.807) is 11.8 Å². The molecule has 3 aromatic rings. The van der Waals surface area contributed by atoms with Crippen molar-refractivity contribution in [1.29, 1.82) is 0 Å². The van der Waals surface area contributed by atoms with Gasteiger partial charge < -0.3 is 15.2 Å². The summed E-state index contributed by atoms with van der Waals surface area (Å²) in [4.78, 5) is 0. The van der Waals surface area contributed by atoms with Crippen molar-refractivity contribution in [2.75, 3.05) is 17.7 Å². The molecule has 4 rings (SSSR count). The minimum atomic E-state index is -1.11. The van der Waals surface area contributed by atoms with Crippen LogP contribution >= 0.6 is 11.8 Å². The molecule has 158 valence electrons. The predicted octanol–water partition coefficient (Wildman–Crippen LogP) is 5.74. The molecule has 0 saturated heterocycles. The third-order valence-corrected chi connectivity index (χ3v) is 6.37. The van der Waals surface area contributed by atoms with Crippen molar-refractivity contribution in [3.05, 3.63) is 103 Å². The lowest BCUT2D eigenvalue weighted by Gasteiger charge is -2.20. The van der Waals surface area contributed by atoms with Crippen molar-refractivity contribution in [2.45, 2.75) is 19.1 Å². The number of thioether (sulfide) groups is 1. The fourth-order valence-electron chi connectivity index (χ4n) is 3.73. The van der Waals surface area contributed by atoms with Gasteiger partial charge in [0.2, 0.25) is 10.7 Å². The number of allylic oxidation sites excluding steroid dienone is 1. The van der Waals surface area contributed by atoms with E-state index in [1.807, 2.05) is 96.4 Å². The standard InChI is InChI=1S/C26H27N2O2S/c1-3-30-24-16-14-22(15-17-24)27-20(2)18-25-28(23-12-8-5-9-13-23)26(29,19-31-25)21-10-6-4-7-11-21/h4-17,27,29H,2-3,18-19H2,1H3/q+1/t26-/m1/s1. The number of benzene rings is 3. The lowest BCUT2D eigenvalue weighted by molar-refractivity contribution is -0.593. The van der Waals surface area contributed by atoms with Gasteiger partial charge in [-0.1, -0.05) is 54.7 Å². The van der Waals surface area contributed by atoms with Crippen molar-refractivity contribution in [3.8, 4) is 5.75 Å². The van der Waals surface area contributed by atoms with E-state index in [1.165, 1.54) is 0 Å². The van der Waals surface area contributed by atoms with Crippen LogP contribution in [-0.2, 0) is 5.72 Å². The van der Waals surface area contributed by atoms with Crippen LogP contribution in [0.25, 0.3) is 0 Å². The van der Waals surface area contributed by atoms with Crippen LogP contribution < -0.4 is 10.1 Å². The second kappa shape index (κ2) is 9.41. The number of hydrogen-bond donors (Lipinski definition) is 2. The number of nitrogens with zero attached hydrogens (tertiary/aromatic N) is 1. The first kappa shape index (κ1) is 21.2. The summed E-state index contributed by atoms with van der Waals surface area (Å²) in [5.74, 6) is 1.40. The molecule has 0 radical (unpaired) electrons. The van der Waals surface area contributed by atoms with Crippen molar-refractivity contribution < 1.29 is 14.4 Å². The first-order valence-electron chi connectivity index (χ1n) is 10.4. The van der Waals surface area contributed by atoms with Gasteiger partial charge in [0.25, 0.3) is 0 Å². The third kappa shape index (κ3) is 4.68. The Balaban J connectivity index is 1.61. The molecule has 4 nitrogen and oxygen atoms in total. The molecule has 0 aliphatic carbocycles. The zero-order valence-electron chi connectivity index (χ0n) is 17.6. The van der Waals surface area contributed by atoms with Gasteiger partial charge in [-0.3, -0.25) is 0 Å². The predicted molar refractivity (Wildman–Crippen MR) is 129 cm³/mol. The second-order valence-corrected chi connectivity index (χ2v) is 8.45. The quantitative estimate of drug-likeness (QED) is 0.447. The van der Waals surface area contributed by atoms with Crippen LogP contribution in [0.4, 0.5) is 11.4 Å². The number of aliphatic hydroxyl groups is 1. The normalized spacial score (nSPS) is 18.1. The van der Waals surface area contributed by atoms with Gasteiger partial charge in [-0.15, -0.1) is 0 Å². The van der Waals surface area contributed by atoms with Crippen molar-refractivity contribution in [1.82, 2.24) is 0 Å². The van der Waals surface area contributed by atoms with Crippen LogP contribution in [0.1, 0.15) is 18.9 Å². The first-order chi connectivity index (χ1) is 15.1. The summed E-state index contributed by atoms with van der Waals surface area (Å²) >= 11 is 1.67. The summed E-state index contributed by atoms with van der Waals surface area (Å²) in [5.41, 5.74) is 2.56. The van der Waals surface area contributed by atoms with E-state index < -0.39 is 5.72 Å². The minimum absolute atomic E-state index is 0.553. The average molecular weight is 432 g/mol. The van der Waals surface area contributed by atoms with Crippen molar-refractivity contribution >= 4 is 28.2 Å². The maximum absolute atomic E-state index is 11.8. The SMILES string of the molecule is C=C(CC1=[N+](c2ccccc2)[C@](O)(c2ccccc2)CS1)Nc1ccc(OCC)cc1. The molecule has 0 spiro atoms. The van der Waals surface area contributed by atoms with Crippen LogP contribution in [0.5, 0.6) is 5.75 Å². The summed E-state index contributed by atoms with van der Waals surface area (Å²) in [6.45, 7) is 6.86. The smallest absolute Gasteiger partial charge is 0.307 e. The summed E-state index contributed by atoms with van der Waals surface area (Å²) in [7, 11) is 0. The molecule has 1 aliphatic heterocycles. The monoisotopic (exact) mass is 431 g/mol. The third-order valence-electron chi connectivity index (χ3n) is 5.16. The van der Waals surface area contributed by atoms with Gasteiger partial charge in [0.05, 0.1) is 18.6 Å². The Morgan fingerprint density at radius 2 is 1.68 bits per heavy atom. The van der Waals surface area contributed by atoms with Gasteiger partial charge in [-0.05, 0) is 43.3 Å². The van der Waals surface area contributed by atoms with E-state index in [0.717, 1.165) is 33.4 Å². The molecule has 2 N–H and O–H groups in total. The van der Waals surface area contributed by atoms with Gasteiger partial charge in [0, 0.05) is 23.5 Å². The van der Waals surface area contributed by atoms with Gasteiger partial charge in [0.1, 0.15) is 11.5 Å². The molecule has 5 heteroatoms. The van der Waals surface area contributed by atoms with E-state index in [-0.39, 0.29) is 0 Å². The minimum Gasteiger partial charge on any atom is -0.494 e. The molecule has 0 bridgehead atoms. The van der Waals surface area contributed by atoms with Crippen LogP contribution in [0.15, 0.2) is 97.2 Å². The highest BCUT2D eigenvalue weighted by atomic mass is 32.2. The first-order valence-corrected chi connectivity index (χ1v) is 11.4. The number of rotatable bonds is 8. The van der Waals surface area contributed by atoms with E-state index in [2.05, 4.69) is 11.9 Å². The maximum atomic E-state index is 11.8. The average Bonchev–Trinajstić information content (AvgIpc) is 3.13. The molecular weight excluding hydrogens is 404 g/mol. The van der Waals surface area contributed by atoms with Crippen LogP contribution in [0.2, 0.25) is 0 Å². The number of anilines is 1. The van der Waals surface area contributed by atoms with Gasteiger partial charge in [-0.2, -0.15) is 4.58 Å². The van der Waals surface area contributed by atoms with E-state index in [9.17, 15) is 5.11 Å². The zero-order chi connectivity index (χ0) is 21.7. The Morgan fingerprint density at radius 3 is 2.32 bits per heavy atom. The molecule has 1 heterocycles. The maximum Gasteiger partial charge on any atom is 0.307 e.